The molecular weight excluding hydrogens is 372 g/mol. The van der Waals surface area contributed by atoms with E-state index in [1.165, 1.54) is 23.8 Å². The number of thiazole rings is 1. The molecular formula is C20H24N6OS. The molecule has 0 bridgehead atoms. The highest BCUT2D eigenvalue weighted by Crippen LogP contribution is 2.43. The minimum atomic E-state index is -0.0992. The Hall–Kier alpha value is -2.74. The largest absolute Gasteiger partial charge is 0.373 e. The quantitative estimate of drug-likeness (QED) is 0.692. The van der Waals surface area contributed by atoms with E-state index in [1.807, 2.05) is 19.3 Å². The number of nitrogens with one attached hydrogen (secondary N) is 2. The molecule has 0 spiro atoms. The fourth-order valence-electron chi connectivity index (χ4n) is 3.58. The standard InChI is InChI=1S/C20H24N6OS/c1-11(2)26-18-14(17(25-26)13-8-9-16(21-4)22-10-13)6-5-7-15-19(18)28-20(24-15)23-12(3)27/h8-11H,5-7H2,1-4H3,(H,21,22)(H,23,24,27). The van der Waals surface area contributed by atoms with Gasteiger partial charge >= 0.3 is 0 Å². The average Bonchev–Trinajstić information content (AvgIpc) is 3.18. The number of carbonyl (C=O) groups excluding carboxylic acids is 1. The predicted octanol–water partition coefficient (Wildman–Crippen LogP) is 4.14. The molecule has 3 heterocycles. The lowest BCUT2D eigenvalue weighted by Gasteiger charge is -2.10. The second-order valence-electron chi connectivity index (χ2n) is 7.23. The smallest absolute Gasteiger partial charge is 0.223 e. The molecule has 8 heteroatoms. The molecule has 4 rings (SSSR count). The van der Waals surface area contributed by atoms with Crippen molar-refractivity contribution in [2.75, 3.05) is 17.7 Å². The Morgan fingerprint density at radius 3 is 2.75 bits per heavy atom. The maximum absolute atomic E-state index is 11.5. The van der Waals surface area contributed by atoms with Crippen LogP contribution in [-0.2, 0) is 17.6 Å². The van der Waals surface area contributed by atoms with Crippen LogP contribution >= 0.6 is 11.3 Å². The third-order valence-electron chi connectivity index (χ3n) is 4.83. The first-order valence-corrected chi connectivity index (χ1v) is 10.3. The van der Waals surface area contributed by atoms with Crippen LogP contribution in [0.2, 0.25) is 0 Å². The summed E-state index contributed by atoms with van der Waals surface area (Å²) in [5, 5.41) is 11.5. The van der Waals surface area contributed by atoms with Gasteiger partial charge < -0.3 is 10.6 Å². The molecule has 1 amide bonds. The minimum absolute atomic E-state index is 0.0992. The first-order chi connectivity index (χ1) is 13.5. The van der Waals surface area contributed by atoms with E-state index in [1.54, 1.807) is 0 Å². The number of carbonyl (C=O) groups is 1. The Kier molecular flexibility index (Phi) is 4.89. The van der Waals surface area contributed by atoms with Crippen molar-refractivity contribution in [1.29, 1.82) is 0 Å². The molecule has 0 fully saturated rings. The summed E-state index contributed by atoms with van der Waals surface area (Å²) in [6, 6.07) is 4.25. The van der Waals surface area contributed by atoms with Crippen LogP contribution in [0.3, 0.4) is 0 Å². The zero-order valence-corrected chi connectivity index (χ0v) is 17.4. The molecule has 0 radical (unpaired) electrons. The zero-order valence-electron chi connectivity index (χ0n) is 16.5. The van der Waals surface area contributed by atoms with E-state index in [2.05, 4.69) is 45.2 Å². The van der Waals surface area contributed by atoms with Crippen LogP contribution in [0.15, 0.2) is 18.3 Å². The molecule has 1 aliphatic rings. The van der Waals surface area contributed by atoms with Crippen molar-refractivity contribution in [3.8, 4) is 21.8 Å². The molecule has 7 nitrogen and oxygen atoms in total. The first-order valence-electron chi connectivity index (χ1n) is 9.51. The second kappa shape index (κ2) is 7.35. The molecule has 0 aromatic carbocycles. The summed E-state index contributed by atoms with van der Waals surface area (Å²) in [4.78, 5) is 21.7. The summed E-state index contributed by atoms with van der Waals surface area (Å²) in [6.45, 7) is 5.79. The molecule has 28 heavy (non-hydrogen) atoms. The molecule has 1 aliphatic carbocycles. The van der Waals surface area contributed by atoms with Crippen molar-refractivity contribution < 1.29 is 4.79 Å². The molecule has 0 atom stereocenters. The number of hydrogen-bond acceptors (Lipinski definition) is 6. The molecule has 0 aliphatic heterocycles. The number of pyridine rings is 1. The van der Waals surface area contributed by atoms with Gasteiger partial charge in [-0.2, -0.15) is 5.10 Å². The monoisotopic (exact) mass is 396 g/mol. The molecule has 0 unspecified atom stereocenters. The summed E-state index contributed by atoms with van der Waals surface area (Å²) in [7, 11) is 1.86. The van der Waals surface area contributed by atoms with Crippen LogP contribution in [0.1, 0.15) is 44.5 Å². The van der Waals surface area contributed by atoms with Crippen LogP contribution < -0.4 is 10.6 Å². The fourth-order valence-corrected chi connectivity index (χ4v) is 4.70. The Morgan fingerprint density at radius 1 is 1.29 bits per heavy atom. The van der Waals surface area contributed by atoms with Crippen molar-refractivity contribution in [2.45, 2.75) is 46.1 Å². The summed E-state index contributed by atoms with van der Waals surface area (Å²) >= 11 is 1.54. The summed E-state index contributed by atoms with van der Waals surface area (Å²) in [5.41, 5.74) is 5.42. The highest BCUT2D eigenvalue weighted by molar-refractivity contribution is 7.19. The van der Waals surface area contributed by atoms with Crippen LogP contribution in [0, 0.1) is 0 Å². The minimum Gasteiger partial charge on any atom is -0.373 e. The second-order valence-corrected chi connectivity index (χ2v) is 8.22. The number of aryl methyl sites for hydroxylation is 1. The van der Waals surface area contributed by atoms with Gasteiger partial charge in [0, 0.05) is 37.3 Å². The van der Waals surface area contributed by atoms with Gasteiger partial charge in [-0.05, 0) is 45.2 Å². The van der Waals surface area contributed by atoms with Gasteiger partial charge in [0.05, 0.1) is 22.0 Å². The number of anilines is 2. The summed E-state index contributed by atoms with van der Waals surface area (Å²) in [5.74, 6) is 0.737. The maximum Gasteiger partial charge on any atom is 0.223 e. The Bertz CT molecular complexity index is 1020. The lowest BCUT2D eigenvalue weighted by atomic mass is 10.0. The Labute approximate surface area is 168 Å². The predicted molar refractivity (Wildman–Crippen MR) is 113 cm³/mol. The van der Waals surface area contributed by atoms with E-state index in [0.717, 1.165) is 52.6 Å². The number of aromatic nitrogens is 4. The van der Waals surface area contributed by atoms with E-state index in [4.69, 9.17) is 5.10 Å². The molecule has 0 saturated carbocycles. The van der Waals surface area contributed by atoms with E-state index in [0.29, 0.717) is 5.13 Å². The normalized spacial score (nSPS) is 13.0. The zero-order chi connectivity index (χ0) is 19.8. The highest BCUT2D eigenvalue weighted by atomic mass is 32.1. The average molecular weight is 397 g/mol. The highest BCUT2D eigenvalue weighted by Gasteiger charge is 2.28. The summed E-state index contributed by atoms with van der Waals surface area (Å²) in [6.07, 6.45) is 4.72. The van der Waals surface area contributed by atoms with Gasteiger partial charge in [-0.15, -0.1) is 0 Å². The molecule has 3 aromatic heterocycles. The van der Waals surface area contributed by atoms with Gasteiger partial charge in [-0.1, -0.05) is 11.3 Å². The molecule has 2 N–H and O–H groups in total. The number of hydrogen-bond donors (Lipinski definition) is 2. The first kappa shape index (κ1) is 18.6. The van der Waals surface area contributed by atoms with Crippen LogP contribution in [0.25, 0.3) is 21.8 Å². The number of fused-ring (bicyclic) bond motifs is 3. The lowest BCUT2D eigenvalue weighted by molar-refractivity contribution is -0.114. The Balaban J connectivity index is 1.88. The number of nitrogens with zero attached hydrogens (tertiary/aromatic N) is 4. The van der Waals surface area contributed by atoms with Gasteiger partial charge in [0.2, 0.25) is 5.91 Å². The van der Waals surface area contributed by atoms with Crippen LogP contribution in [0.4, 0.5) is 10.9 Å². The van der Waals surface area contributed by atoms with Gasteiger partial charge in [0.1, 0.15) is 5.82 Å². The third kappa shape index (κ3) is 3.28. The topological polar surface area (TPSA) is 84.7 Å². The van der Waals surface area contributed by atoms with Crippen molar-refractivity contribution in [2.24, 2.45) is 0 Å². The van der Waals surface area contributed by atoms with E-state index >= 15 is 0 Å². The number of amides is 1. The van der Waals surface area contributed by atoms with Crippen LogP contribution in [0.5, 0.6) is 0 Å². The van der Waals surface area contributed by atoms with E-state index in [-0.39, 0.29) is 11.9 Å². The SMILES string of the molecule is CNc1ccc(-c2nn(C(C)C)c3c2CCCc2nc(NC(C)=O)sc2-3)cn1. The van der Waals surface area contributed by atoms with Gasteiger partial charge in [-0.25, -0.2) is 9.97 Å². The Morgan fingerprint density at radius 2 is 2.11 bits per heavy atom. The van der Waals surface area contributed by atoms with Crippen LogP contribution in [-0.4, -0.2) is 32.7 Å². The van der Waals surface area contributed by atoms with Gasteiger partial charge in [0.15, 0.2) is 5.13 Å². The lowest BCUT2D eigenvalue weighted by Crippen LogP contribution is -2.05. The van der Waals surface area contributed by atoms with Gasteiger partial charge in [0.25, 0.3) is 0 Å². The van der Waals surface area contributed by atoms with Crippen molar-refractivity contribution in [3.05, 3.63) is 29.6 Å². The van der Waals surface area contributed by atoms with E-state index < -0.39 is 0 Å². The fraction of sp³-hybridized carbons (Fsp3) is 0.400. The van der Waals surface area contributed by atoms with Crippen molar-refractivity contribution in [1.82, 2.24) is 19.7 Å². The van der Waals surface area contributed by atoms with Crippen molar-refractivity contribution >= 4 is 28.2 Å². The van der Waals surface area contributed by atoms with Crippen molar-refractivity contribution in [3.63, 3.8) is 0 Å². The molecule has 146 valence electrons. The molecule has 3 aromatic rings. The van der Waals surface area contributed by atoms with E-state index in [9.17, 15) is 4.79 Å². The number of rotatable bonds is 4. The maximum atomic E-state index is 11.5. The third-order valence-corrected chi connectivity index (χ3v) is 5.85. The summed E-state index contributed by atoms with van der Waals surface area (Å²) < 4.78 is 2.09. The molecule has 0 saturated heterocycles. The van der Waals surface area contributed by atoms with Gasteiger partial charge in [-0.3, -0.25) is 9.48 Å².